The highest BCUT2D eigenvalue weighted by atomic mass is 32.2. The lowest BCUT2D eigenvalue weighted by Crippen LogP contribution is -2.20. The van der Waals surface area contributed by atoms with Crippen molar-refractivity contribution in [3.8, 4) is 0 Å². The number of ether oxygens (including phenoxy) is 1. The van der Waals surface area contributed by atoms with Gasteiger partial charge in [0.25, 0.3) is 0 Å². The van der Waals surface area contributed by atoms with E-state index in [0.717, 1.165) is 12.0 Å². The predicted molar refractivity (Wildman–Crippen MR) is 57.3 cm³/mol. The standard InChI is InChI=1S/C8H15N3O3S/c1-3-7-6-9-10-8(7)11-15(12,13)5-4-14-2/h6H,3-5H2,1-2H3,(H2,9,10,11). The maximum atomic E-state index is 11.5. The van der Waals surface area contributed by atoms with Gasteiger partial charge in [0.15, 0.2) is 0 Å². The average Bonchev–Trinajstić information content (AvgIpc) is 2.61. The quantitative estimate of drug-likeness (QED) is 0.743. The number of aryl methyl sites for hydroxylation is 1. The fraction of sp³-hybridized carbons (Fsp3) is 0.625. The predicted octanol–water partition coefficient (Wildman–Crippen LogP) is 0.360. The van der Waals surface area contributed by atoms with Crippen LogP contribution in [-0.4, -0.2) is 38.1 Å². The van der Waals surface area contributed by atoms with Crippen molar-refractivity contribution < 1.29 is 13.2 Å². The van der Waals surface area contributed by atoms with Crippen LogP contribution in [0.2, 0.25) is 0 Å². The zero-order chi connectivity index (χ0) is 11.3. The van der Waals surface area contributed by atoms with Crippen molar-refractivity contribution in [2.45, 2.75) is 13.3 Å². The second-order valence-corrected chi connectivity index (χ2v) is 4.88. The summed E-state index contributed by atoms with van der Waals surface area (Å²) in [5.74, 6) is 0.375. The molecule has 86 valence electrons. The Kier molecular flexibility index (Phi) is 4.10. The van der Waals surface area contributed by atoms with E-state index in [1.54, 1.807) is 6.20 Å². The molecule has 0 spiro atoms. The van der Waals surface area contributed by atoms with Crippen LogP contribution in [0.1, 0.15) is 12.5 Å². The van der Waals surface area contributed by atoms with E-state index < -0.39 is 10.0 Å². The summed E-state index contributed by atoms with van der Waals surface area (Å²) < 4.78 is 30.1. The van der Waals surface area contributed by atoms with Crippen LogP contribution in [0.4, 0.5) is 5.82 Å². The van der Waals surface area contributed by atoms with Crippen molar-refractivity contribution >= 4 is 15.8 Å². The van der Waals surface area contributed by atoms with Crippen LogP contribution in [0, 0.1) is 0 Å². The molecule has 0 bridgehead atoms. The zero-order valence-electron chi connectivity index (χ0n) is 8.78. The van der Waals surface area contributed by atoms with Gasteiger partial charge in [-0.2, -0.15) is 5.10 Å². The number of nitrogens with one attached hydrogen (secondary N) is 2. The smallest absolute Gasteiger partial charge is 0.236 e. The first-order chi connectivity index (χ1) is 7.09. The Morgan fingerprint density at radius 1 is 1.60 bits per heavy atom. The van der Waals surface area contributed by atoms with Gasteiger partial charge in [-0.15, -0.1) is 0 Å². The van der Waals surface area contributed by atoms with Gasteiger partial charge in [-0.3, -0.25) is 9.82 Å². The topological polar surface area (TPSA) is 84.1 Å². The van der Waals surface area contributed by atoms with E-state index in [9.17, 15) is 8.42 Å². The van der Waals surface area contributed by atoms with Gasteiger partial charge in [0, 0.05) is 12.7 Å². The molecule has 0 aliphatic carbocycles. The molecule has 0 fully saturated rings. The SMILES string of the molecule is CCc1cn[nH]c1NS(=O)(=O)CCOC. The monoisotopic (exact) mass is 233 g/mol. The van der Waals surface area contributed by atoms with Crippen molar-refractivity contribution in [2.24, 2.45) is 0 Å². The highest BCUT2D eigenvalue weighted by Gasteiger charge is 2.13. The molecule has 6 nitrogen and oxygen atoms in total. The number of sulfonamides is 1. The first-order valence-electron chi connectivity index (χ1n) is 4.60. The molecule has 0 atom stereocenters. The normalized spacial score (nSPS) is 11.6. The number of rotatable bonds is 6. The maximum absolute atomic E-state index is 11.5. The molecule has 15 heavy (non-hydrogen) atoms. The summed E-state index contributed by atoms with van der Waals surface area (Å²) in [6.45, 7) is 2.10. The minimum absolute atomic E-state index is 0.0638. The summed E-state index contributed by atoms with van der Waals surface area (Å²) in [4.78, 5) is 0. The van der Waals surface area contributed by atoms with Crippen molar-refractivity contribution in [2.75, 3.05) is 24.2 Å². The van der Waals surface area contributed by atoms with E-state index in [-0.39, 0.29) is 12.4 Å². The maximum Gasteiger partial charge on any atom is 0.236 e. The number of H-pyrrole nitrogens is 1. The fourth-order valence-corrected chi connectivity index (χ4v) is 2.04. The van der Waals surface area contributed by atoms with Crippen LogP contribution in [0.25, 0.3) is 0 Å². The molecule has 1 aromatic heterocycles. The van der Waals surface area contributed by atoms with Crippen LogP contribution in [0.15, 0.2) is 6.20 Å². The second-order valence-electron chi connectivity index (χ2n) is 3.04. The molecule has 0 aromatic carbocycles. The molecule has 1 aromatic rings. The summed E-state index contributed by atoms with van der Waals surface area (Å²) >= 11 is 0. The molecule has 1 heterocycles. The summed E-state index contributed by atoms with van der Waals surface area (Å²) in [6, 6.07) is 0. The number of hydrogen-bond donors (Lipinski definition) is 2. The largest absolute Gasteiger partial charge is 0.384 e. The lowest BCUT2D eigenvalue weighted by molar-refractivity contribution is 0.217. The molecular weight excluding hydrogens is 218 g/mol. The van der Waals surface area contributed by atoms with Gasteiger partial charge in [0.05, 0.1) is 18.6 Å². The number of methoxy groups -OCH3 is 1. The Labute approximate surface area is 89.1 Å². The van der Waals surface area contributed by atoms with Crippen molar-refractivity contribution in [1.29, 1.82) is 0 Å². The number of aromatic nitrogens is 2. The number of nitrogens with zero attached hydrogens (tertiary/aromatic N) is 1. The third-order valence-corrected chi connectivity index (χ3v) is 3.13. The summed E-state index contributed by atoms with van der Waals surface area (Å²) in [5, 5.41) is 6.38. The third-order valence-electron chi connectivity index (χ3n) is 1.91. The van der Waals surface area contributed by atoms with Crippen LogP contribution >= 0.6 is 0 Å². The van der Waals surface area contributed by atoms with Gasteiger partial charge in [0.1, 0.15) is 5.82 Å². The molecule has 0 saturated carbocycles. The first-order valence-corrected chi connectivity index (χ1v) is 6.26. The highest BCUT2D eigenvalue weighted by Crippen LogP contribution is 2.12. The van der Waals surface area contributed by atoms with E-state index in [4.69, 9.17) is 4.74 Å². The third kappa shape index (κ3) is 3.52. The van der Waals surface area contributed by atoms with Gasteiger partial charge in [-0.1, -0.05) is 6.92 Å². The van der Waals surface area contributed by atoms with E-state index in [1.165, 1.54) is 7.11 Å². The van der Waals surface area contributed by atoms with Crippen LogP contribution in [0.5, 0.6) is 0 Å². The van der Waals surface area contributed by atoms with Crippen molar-refractivity contribution in [3.63, 3.8) is 0 Å². The van der Waals surface area contributed by atoms with Crippen molar-refractivity contribution in [3.05, 3.63) is 11.8 Å². The zero-order valence-corrected chi connectivity index (χ0v) is 9.60. The highest BCUT2D eigenvalue weighted by molar-refractivity contribution is 7.92. The summed E-state index contributed by atoms with van der Waals surface area (Å²) in [6.07, 6.45) is 2.33. The Balaban J connectivity index is 2.68. The van der Waals surface area contributed by atoms with E-state index >= 15 is 0 Å². The minimum atomic E-state index is -3.35. The minimum Gasteiger partial charge on any atom is -0.384 e. The molecule has 0 amide bonds. The van der Waals surface area contributed by atoms with Crippen LogP contribution < -0.4 is 4.72 Å². The van der Waals surface area contributed by atoms with Gasteiger partial charge < -0.3 is 4.74 Å². The first kappa shape index (κ1) is 12.0. The molecule has 0 unspecified atom stereocenters. The molecule has 1 rings (SSSR count). The van der Waals surface area contributed by atoms with Crippen LogP contribution in [-0.2, 0) is 21.2 Å². The number of aromatic amines is 1. The van der Waals surface area contributed by atoms with E-state index in [2.05, 4.69) is 14.9 Å². The van der Waals surface area contributed by atoms with Gasteiger partial charge in [-0.25, -0.2) is 8.42 Å². The molecule has 0 aliphatic rings. The molecule has 2 N–H and O–H groups in total. The van der Waals surface area contributed by atoms with E-state index in [1.807, 2.05) is 6.92 Å². The second kappa shape index (κ2) is 5.13. The Morgan fingerprint density at radius 3 is 2.93 bits per heavy atom. The average molecular weight is 233 g/mol. The molecule has 0 aliphatic heterocycles. The van der Waals surface area contributed by atoms with Crippen molar-refractivity contribution in [1.82, 2.24) is 10.2 Å². The Bertz CT molecular complexity index is 399. The van der Waals surface area contributed by atoms with E-state index in [0.29, 0.717) is 5.82 Å². The van der Waals surface area contributed by atoms with Crippen LogP contribution in [0.3, 0.4) is 0 Å². The molecule has 0 saturated heterocycles. The summed E-state index contributed by atoms with van der Waals surface area (Å²) in [7, 11) is -1.88. The van der Waals surface area contributed by atoms with Gasteiger partial charge >= 0.3 is 0 Å². The Morgan fingerprint density at radius 2 is 2.33 bits per heavy atom. The molecule has 0 radical (unpaired) electrons. The number of hydrogen-bond acceptors (Lipinski definition) is 4. The molecule has 7 heteroatoms. The lowest BCUT2D eigenvalue weighted by Gasteiger charge is -2.06. The molecular formula is C8H15N3O3S. The van der Waals surface area contributed by atoms with Gasteiger partial charge in [0.2, 0.25) is 10.0 Å². The summed E-state index contributed by atoms with van der Waals surface area (Å²) in [5.41, 5.74) is 0.844. The lowest BCUT2D eigenvalue weighted by atomic mass is 10.3. The fourth-order valence-electron chi connectivity index (χ4n) is 1.07. The Hall–Kier alpha value is -1.08. The number of anilines is 1. The van der Waals surface area contributed by atoms with Gasteiger partial charge in [-0.05, 0) is 6.42 Å².